The summed E-state index contributed by atoms with van der Waals surface area (Å²) in [6, 6.07) is 9.10. The minimum Gasteiger partial charge on any atom is -0.470 e. The Hall–Kier alpha value is -4.16. The van der Waals surface area contributed by atoms with Gasteiger partial charge < -0.3 is 23.8 Å². The van der Waals surface area contributed by atoms with Crippen LogP contribution >= 0.6 is 0 Å². The van der Waals surface area contributed by atoms with E-state index in [1.807, 2.05) is 45.2 Å². The van der Waals surface area contributed by atoms with Gasteiger partial charge in [-0.2, -0.15) is 14.5 Å². The zero-order chi connectivity index (χ0) is 30.7. The number of aromatic nitrogens is 5. The highest BCUT2D eigenvalue weighted by Gasteiger charge is 2.30. The molecule has 0 radical (unpaired) electrons. The lowest BCUT2D eigenvalue weighted by Crippen LogP contribution is -2.46. The fourth-order valence-electron chi connectivity index (χ4n) is 5.33. The van der Waals surface area contributed by atoms with Crippen molar-refractivity contribution < 1.29 is 28.1 Å². The number of fused-ring (bicyclic) bond motifs is 1. The van der Waals surface area contributed by atoms with Gasteiger partial charge in [0.2, 0.25) is 5.82 Å². The summed E-state index contributed by atoms with van der Waals surface area (Å²) in [5.41, 5.74) is 1.96. The van der Waals surface area contributed by atoms with Crippen molar-refractivity contribution in [3.8, 4) is 28.5 Å². The van der Waals surface area contributed by atoms with Crippen molar-refractivity contribution >= 4 is 11.6 Å². The van der Waals surface area contributed by atoms with Gasteiger partial charge >= 0.3 is 6.09 Å². The molecule has 0 bridgehead atoms. The highest BCUT2D eigenvalue weighted by Crippen LogP contribution is 2.33. The standard InChI is InChI=1S/C32H37FN6O5/c1-32(2,3)44-31(40)38-14-8-9-23(19-38)43-30-27(33)28(36-29(37-30)24-18-35-39-15-6-4-10-25(24)39)21-12-13-34-22(17-21)20-42-26-11-5-7-16-41-26/h4,6,10,12-13,15,17-18,23,26H,5,7-9,11,14,16,19-20H2,1-3H3/t23-,26?/m1/s1. The van der Waals surface area contributed by atoms with Crippen molar-refractivity contribution in [2.75, 3.05) is 19.7 Å². The highest BCUT2D eigenvalue weighted by molar-refractivity contribution is 5.77. The second-order valence-electron chi connectivity index (χ2n) is 12.1. The molecule has 2 atom stereocenters. The maximum Gasteiger partial charge on any atom is 0.410 e. The van der Waals surface area contributed by atoms with Crippen molar-refractivity contribution in [2.45, 2.75) is 77.5 Å². The van der Waals surface area contributed by atoms with E-state index in [1.54, 1.807) is 33.9 Å². The van der Waals surface area contributed by atoms with E-state index in [9.17, 15) is 4.79 Å². The first-order valence-electron chi connectivity index (χ1n) is 15.1. The largest absolute Gasteiger partial charge is 0.470 e. The quantitative estimate of drug-likeness (QED) is 0.258. The molecule has 232 valence electrons. The van der Waals surface area contributed by atoms with Crippen LogP contribution in [0.3, 0.4) is 0 Å². The molecule has 12 heteroatoms. The number of piperidine rings is 1. The minimum absolute atomic E-state index is 0.0673. The predicted octanol–water partition coefficient (Wildman–Crippen LogP) is 5.81. The van der Waals surface area contributed by atoms with E-state index in [1.165, 1.54) is 0 Å². The van der Waals surface area contributed by atoms with Crippen LogP contribution in [0.5, 0.6) is 5.88 Å². The Morgan fingerprint density at radius 2 is 2.02 bits per heavy atom. The van der Waals surface area contributed by atoms with Crippen LogP contribution in [-0.2, 0) is 20.8 Å². The zero-order valence-electron chi connectivity index (χ0n) is 25.2. The summed E-state index contributed by atoms with van der Waals surface area (Å²) >= 11 is 0. The number of ether oxygens (including phenoxy) is 4. The van der Waals surface area contributed by atoms with Gasteiger partial charge in [0, 0.05) is 31.1 Å². The molecule has 2 aliphatic rings. The first kappa shape index (κ1) is 29.9. The van der Waals surface area contributed by atoms with Crippen LogP contribution in [-0.4, -0.2) is 73.3 Å². The number of pyridine rings is 2. The lowest BCUT2D eigenvalue weighted by atomic mass is 10.1. The van der Waals surface area contributed by atoms with E-state index < -0.39 is 23.6 Å². The van der Waals surface area contributed by atoms with Gasteiger partial charge in [-0.1, -0.05) is 6.07 Å². The summed E-state index contributed by atoms with van der Waals surface area (Å²) < 4.78 is 41.3. The topological polar surface area (TPSA) is 113 Å². The Labute approximate surface area is 255 Å². The number of hydrogen-bond acceptors (Lipinski definition) is 9. The van der Waals surface area contributed by atoms with Gasteiger partial charge in [0.25, 0.3) is 5.88 Å². The van der Waals surface area contributed by atoms with E-state index in [2.05, 4.69) is 20.1 Å². The third-order valence-electron chi connectivity index (χ3n) is 7.44. The van der Waals surface area contributed by atoms with Gasteiger partial charge in [0.05, 0.1) is 36.1 Å². The summed E-state index contributed by atoms with van der Waals surface area (Å²) in [6.45, 7) is 7.15. The summed E-state index contributed by atoms with van der Waals surface area (Å²) in [6.07, 6.45) is 8.11. The van der Waals surface area contributed by atoms with Gasteiger partial charge in [0.15, 0.2) is 12.1 Å². The molecule has 0 aromatic carbocycles. The normalized spacial score (nSPS) is 19.2. The molecule has 0 saturated carbocycles. The summed E-state index contributed by atoms with van der Waals surface area (Å²) in [5.74, 6) is -0.627. The number of hydrogen-bond donors (Lipinski definition) is 0. The Kier molecular flexibility index (Phi) is 8.72. The molecule has 11 nitrogen and oxygen atoms in total. The third kappa shape index (κ3) is 6.97. The molecule has 6 heterocycles. The molecule has 44 heavy (non-hydrogen) atoms. The van der Waals surface area contributed by atoms with Gasteiger partial charge in [-0.05, 0) is 77.1 Å². The Bertz CT molecular complexity index is 1620. The van der Waals surface area contributed by atoms with Gasteiger partial charge in [0.1, 0.15) is 17.4 Å². The summed E-state index contributed by atoms with van der Waals surface area (Å²) in [4.78, 5) is 28.0. The van der Waals surface area contributed by atoms with Crippen molar-refractivity contribution in [3.63, 3.8) is 0 Å². The number of amides is 1. The van der Waals surface area contributed by atoms with E-state index in [-0.39, 0.29) is 36.8 Å². The fraction of sp³-hybridized carbons (Fsp3) is 0.469. The molecule has 1 amide bonds. The van der Waals surface area contributed by atoms with Gasteiger partial charge in [-0.25, -0.2) is 14.3 Å². The molecule has 0 spiro atoms. The molecule has 4 aromatic heterocycles. The molecule has 0 N–H and O–H groups in total. The van der Waals surface area contributed by atoms with E-state index in [0.717, 1.165) is 24.8 Å². The summed E-state index contributed by atoms with van der Waals surface area (Å²) in [7, 11) is 0. The van der Waals surface area contributed by atoms with Crippen LogP contribution in [0.1, 0.15) is 58.6 Å². The second kappa shape index (κ2) is 12.8. The Morgan fingerprint density at radius 3 is 2.84 bits per heavy atom. The van der Waals surface area contributed by atoms with E-state index in [0.29, 0.717) is 42.8 Å². The van der Waals surface area contributed by atoms with Crippen LogP contribution in [0.2, 0.25) is 0 Å². The number of carbonyl (C=O) groups excluding carboxylic acids is 1. The smallest absolute Gasteiger partial charge is 0.410 e. The van der Waals surface area contributed by atoms with Crippen molar-refractivity contribution in [1.29, 1.82) is 0 Å². The van der Waals surface area contributed by atoms with Crippen LogP contribution in [0.4, 0.5) is 9.18 Å². The number of rotatable bonds is 7. The molecule has 2 aliphatic heterocycles. The first-order valence-corrected chi connectivity index (χ1v) is 15.1. The van der Waals surface area contributed by atoms with Crippen molar-refractivity contribution in [2.24, 2.45) is 0 Å². The number of carbonyl (C=O) groups is 1. The maximum atomic E-state index is 16.3. The first-order chi connectivity index (χ1) is 21.2. The third-order valence-corrected chi connectivity index (χ3v) is 7.44. The molecular weight excluding hydrogens is 567 g/mol. The van der Waals surface area contributed by atoms with Crippen LogP contribution in [0.15, 0.2) is 48.9 Å². The van der Waals surface area contributed by atoms with Crippen molar-refractivity contribution in [3.05, 3.63) is 60.4 Å². The van der Waals surface area contributed by atoms with Gasteiger partial charge in [-0.3, -0.25) is 4.98 Å². The van der Waals surface area contributed by atoms with Crippen LogP contribution in [0.25, 0.3) is 28.2 Å². The Balaban J connectivity index is 1.32. The number of halogens is 1. The SMILES string of the molecule is CC(C)(C)OC(=O)N1CCC[C@@H](Oc2nc(-c3cnn4ccccc34)nc(-c3ccnc(COC4CCCCO4)c3)c2F)C1. The average Bonchev–Trinajstić information content (AvgIpc) is 3.45. The van der Waals surface area contributed by atoms with Crippen molar-refractivity contribution in [1.82, 2.24) is 29.5 Å². The number of nitrogens with zero attached hydrogens (tertiary/aromatic N) is 6. The van der Waals surface area contributed by atoms with Crippen LogP contribution < -0.4 is 4.74 Å². The fourth-order valence-corrected chi connectivity index (χ4v) is 5.33. The average molecular weight is 605 g/mol. The molecule has 4 aromatic rings. The molecule has 2 saturated heterocycles. The molecule has 1 unspecified atom stereocenters. The molecule has 0 aliphatic carbocycles. The monoisotopic (exact) mass is 604 g/mol. The molecule has 2 fully saturated rings. The predicted molar refractivity (Wildman–Crippen MR) is 159 cm³/mol. The van der Waals surface area contributed by atoms with Gasteiger partial charge in [-0.15, -0.1) is 0 Å². The maximum absolute atomic E-state index is 16.3. The van der Waals surface area contributed by atoms with Crippen LogP contribution in [0, 0.1) is 5.82 Å². The second-order valence-corrected chi connectivity index (χ2v) is 12.1. The lowest BCUT2D eigenvalue weighted by Gasteiger charge is -2.34. The minimum atomic E-state index is -0.701. The highest BCUT2D eigenvalue weighted by atomic mass is 19.1. The van der Waals surface area contributed by atoms with E-state index in [4.69, 9.17) is 18.9 Å². The Morgan fingerprint density at radius 1 is 1.14 bits per heavy atom. The van der Waals surface area contributed by atoms with E-state index >= 15 is 4.39 Å². The number of likely N-dealkylation sites (tertiary alicyclic amines) is 1. The molecular formula is C32H37FN6O5. The lowest BCUT2D eigenvalue weighted by molar-refractivity contribution is -0.169. The molecule has 6 rings (SSSR count). The summed E-state index contributed by atoms with van der Waals surface area (Å²) in [5, 5.41) is 4.41. The zero-order valence-corrected chi connectivity index (χ0v) is 25.2.